The van der Waals surface area contributed by atoms with Crippen LogP contribution in [0, 0.1) is 12.3 Å². The Kier molecular flexibility index (Phi) is 6.96. The quantitative estimate of drug-likeness (QED) is 0.697. The number of rotatable bonds is 6. The lowest BCUT2D eigenvalue weighted by Crippen LogP contribution is -2.31. The van der Waals surface area contributed by atoms with Gasteiger partial charge in [-0.15, -0.1) is 6.42 Å². The minimum atomic E-state index is 0.275. The molecular weight excluding hydrogens is 202 g/mol. The average molecular weight is 225 g/mol. The molecule has 0 saturated heterocycles. The molecular formula is C13H23NS. The summed E-state index contributed by atoms with van der Waals surface area (Å²) in [5.41, 5.74) is 0. The van der Waals surface area contributed by atoms with Crippen LogP contribution < -0.4 is 5.32 Å². The SMILES string of the molecule is C#CC(CSC1CCCCC1)NCCC. The first-order valence-corrected chi connectivity index (χ1v) is 7.22. The number of nitrogens with one attached hydrogen (secondary N) is 1. The van der Waals surface area contributed by atoms with E-state index in [9.17, 15) is 0 Å². The predicted molar refractivity (Wildman–Crippen MR) is 70.2 cm³/mol. The molecule has 15 heavy (non-hydrogen) atoms. The summed E-state index contributed by atoms with van der Waals surface area (Å²) in [7, 11) is 0. The molecule has 1 fully saturated rings. The zero-order valence-corrected chi connectivity index (χ0v) is 10.6. The van der Waals surface area contributed by atoms with Crippen molar-refractivity contribution in [3.8, 4) is 12.3 Å². The Morgan fingerprint density at radius 2 is 2.13 bits per heavy atom. The van der Waals surface area contributed by atoms with Crippen LogP contribution in [0.4, 0.5) is 0 Å². The molecule has 1 nitrogen and oxygen atoms in total. The fourth-order valence-electron chi connectivity index (χ4n) is 1.95. The van der Waals surface area contributed by atoms with Gasteiger partial charge in [0.15, 0.2) is 0 Å². The molecule has 0 aliphatic heterocycles. The Balaban J connectivity index is 2.12. The van der Waals surface area contributed by atoms with Gasteiger partial charge in [-0.05, 0) is 25.8 Å². The first-order valence-electron chi connectivity index (χ1n) is 6.18. The van der Waals surface area contributed by atoms with E-state index >= 15 is 0 Å². The number of terminal acetylenes is 1. The van der Waals surface area contributed by atoms with Gasteiger partial charge < -0.3 is 5.32 Å². The molecule has 0 aromatic rings. The van der Waals surface area contributed by atoms with E-state index in [2.05, 4.69) is 29.9 Å². The van der Waals surface area contributed by atoms with Crippen LogP contribution in [0.5, 0.6) is 0 Å². The molecule has 0 aromatic heterocycles. The molecule has 0 bridgehead atoms. The van der Waals surface area contributed by atoms with E-state index in [0.29, 0.717) is 0 Å². The smallest absolute Gasteiger partial charge is 0.0778 e. The Morgan fingerprint density at radius 1 is 1.40 bits per heavy atom. The van der Waals surface area contributed by atoms with Crippen molar-refractivity contribution in [1.29, 1.82) is 0 Å². The Hall–Kier alpha value is -0.130. The predicted octanol–water partition coefficient (Wildman–Crippen LogP) is 3.05. The van der Waals surface area contributed by atoms with Gasteiger partial charge in [0.25, 0.3) is 0 Å². The van der Waals surface area contributed by atoms with Crippen LogP contribution in [0.25, 0.3) is 0 Å². The lowest BCUT2D eigenvalue weighted by atomic mass is 10.0. The Bertz CT molecular complexity index is 191. The Morgan fingerprint density at radius 3 is 2.73 bits per heavy atom. The molecule has 0 amide bonds. The standard InChI is InChI=1S/C13H23NS/c1-3-10-14-12(4-2)11-15-13-8-6-5-7-9-13/h2,12-14H,3,5-11H2,1H3. The van der Waals surface area contributed by atoms with E-state index < -0.39 is 0 Å². The van der Waals surface area contributed by atoms with E-state index in [0.717, 1.165) is 24.0 Å². The minimum Gasteiger partial charge on any atom is -0.303 e. The van der Waals surface area contributed by atoms with Crippen molar-refractivity contribution in [2.45, 2.75) is 56.7 Å². The molecule has 2 heteroatoms. The van der Waals surface area contributed by atoms with Gasteiger partial charge in [-0.2, -0.15) is 11.8 Å². The van der Waals surface area contributed by atoms with Crippen LogP contribution in [0.3, 0.4) is 0 Å². The zero-order chi connectivity index (χ0) is 10.9. The molecule has 1 saturated carbocycles. The molecule has 0 aromatic carbocycles. The summed E-state index contributed by atoms with van der Waals surface area (Å²) in [6, 6.07) is 0.275. The molecule has 1 atom stereocenters. The summed E-state index contributed by atoms with van der Waals surface area (Å²) in [6.07, 6.45) is 13.7. The van der Waals surface area contributed by atoms with Crippen LogP contribution in [0.2, 0.25) is 0 Å². The van der Waals surface area contributed by atoms with E-state index in [1.807, 2.05) is 0 Å². The second-order valence-electron chi connectivity index (χ2n) is 4.27. The van der Waals surface area contributed by atoms with Gasteiger partial charge >= 0.3 is 0 Å². The van der Waals surface area contributed by atoms with Crippen LogP contribution in [0.1, 0.15) is 45.4 Å². The van der Waals surface area contributed by atoms with Crippen LogP contribution in [0.15, 0.2) is 0 Å². The normalized spacial score (nSPS) is 19.7. The Labute approximate surface area is 98.8 Å². The van der Waals surface area contributed by atoms with Gasteiger partial charge in [0.05, 0.1) is 6.04 Å². The van der Waals surface area contributed by atoms with Crippen molar-refractivity contribution in [1.82, 2.24) is 5.32 Å². The maximum atomic E-state index is 5.50. The lowest BCUT2D eigenvalue weighted by Gasteiger charge is -2.22. The van der Waals surface area contributed by atoms with Crippen molar-refractivity contribution in [2.75, 3.05) is 12.3 Å². The van der Waals surface area contributed by atoms with Gasteiger partial charge in [0.1, 0.15) is 0 Å². The summed E-state index contributed by atoms with van der Waals surface area (Å²) < 4.78 is 0. The fraction of sp³-hybridized carbons (Fsp3) is 0.846. The van der Waals surface area contributed by atoms with E-state index in [1.54, 1.807) is 0 Å². The molecule has 1 aliphatic rings. The zero-order valence-electron chi connectivity index (χ0n) is 9.80. The summed E-state index contributed by atoms with van der Waals surface area (Å²) >= 11 is 2.08. The monoisotopic (exact) mass is 225 g/mol. The van der Waals surface area contributed by atoms with E-state index in [1.165, 1.54) is 32.1 Å². The van der Waals surface area contributed by atoms with Gasteiger partial charge in [-0.25, -0.2) is 0 Å². The molecule has 1 N–H and O–H groups in total. The maximum Gasteiger partial charge on any atom is 0.0778 e. The second kappa shape index (κ2) is 8.07. The largest absolute Gasteiger partial charge is 0.303 e. The van der Waals surface area contributed by atoms with Gasteiger partial charge in [0, 0.05) is 11.0 Å². The first-order chi connectivity index (χ1) is 7.36. The van der Waals surface area contributed by atoms with E-state index in [-0.39, 0.29) is 6.04 Å². The highest BCUT2D eigenvalue weighted by atomic mass is 32.2. The number of hydrogen-bond donors (Lipinski definition) is 1. The highest BCUT2D eigenvalue weighted by Gasteiger charge is 2.15. The van der Waals surface area contributed by atoms with E-state index in [4.69, 9.17) is 6.42 Å². The lowest BCUT2D eigenvalue weighted by molar-refractivity contribution is 0.515. The topological polar surface area (TPSA) is 12.0 Å². The maximum absolute atomic E-state index is 5.50. The molecule has 1 aliphatic carbocycles. The highest BCUT2D eigenvalue weighted by Crippen LogP contribution is 2.28. The van der Waals surface area contributed by atoms with Crippen LogP contribution in [-0.2, 0) is 0 Å². The second-order valence-corrected chi connectivity index (χ2v) is 5.60. The third kappa shape index (κ3) is 5.49. The van der Waals surface area contributed by atoms with Crippen molar-refractivity contribution in [3.05, 3.63) is 0 Å². The van der Waals surface area contributed by atoms with Crippen LogP contribution >= 0.6 is 11.8 Å². The first kappa shape index (κ1) is 12.9. The summed E-state index contributed by atoms with van der Waals surface area (Å²) in [5, 5.41) is 4.27. The molecule has 0 spiro atoms. The van der Waals surface area contributed by atoms with Gasteiger partial charge in [0.2, 0.25) is 0 Å². The van der Waals surface area contributed by atoms with Crippen LogP contribution in [-0.4, -0.2) is 23.6 Å². The molecule has 1 rings (SSSR count). The van der Waals surface area contributed by atoms with Crippen molar-refractivity contribution < 1.29 is 0 Å². The fourth-order valence-corrected chi connectivity index (χ4v) is 3.29. The van der Waals surface area contributed by atoms with Crippen molar-refractivity contribution in [2.24, 2.45) is 0 Å². The summed E-state index contributed by atoms with van der Waals surface area (Å²) in [4.78, 5) is 0. The molecule has 0 radical (unpaired) electrons. The number of hydrogen-bond acceptors (Lipinski definition) is 2. The average Bonchev–Trinajstić information content (AvgIpc) is 2.31. The summed E-state index contributed by atoms with van der Waals surface area (Å²) in [6.45, 7) is 3.22. The van der Waals surface area contributed by atoms with Crippen molar-refractivity contribution >= 4 is 11.8 Å². The van der Waals surface area contributed by atoms with Crippen molar-refractivity contribution in [3.63, 3.8) is 0 Å². The third-order valence-electron chi connectivity index (χ3n) is 2.89. The highest BCUT2D eigenvalue weighted by molar-refractivity contribution is 7.99. The number of thioether (sulfide) groups is 1. The summed E-state index contributed by atoms with van der Waals surface area (Å²) in [5.74, 6) is 3.93. The minimum absolute atomic E-state index is 0.275. The van der Waals surface area contributed by atoms with Gasteiger partial charge in [-0.3, -0.25) is 0 Å². The molecule has 0 heterocycles. The van der Waals surface area contributed by atoms with Gasteiger partial charge in [-0.1, -0.05) is 32.1 Å². The molecule has 86 valence electrons. The molecule has 1 unspecified atom stereocenters. The third-order valence-corrected chi connectivity index (χ3v) is 4.36.